The molecule has 0 spiro atoms. The molecular formula is C8H13FN4OS2. The number of nitrogens with one attached hydrogen (secondary N) is 1. The van der Waals surface area contributed by atoms with E-state index >= 15 is 0 Å². The van der Waals surface area contributed by atoms with Crippen molar-refractivity contribution in [2.75, 3.05) is 5.32 Å². The maximum Gasteiger partial charge on any atom is 0.262 e. The minimum absolute atomic E-state index is 0.139. The van der Waals surface area contributed by atoms with Gasteiger partial charge in [-0.2, -0.15) is 0 Å². The average Bonchev–Trinajstić information content (AvgIpc) is 2.49. The molecule has 0 radical (unpaired) electrons. The van der Waals surface area contributed by atoms with Gasteiger partial charge in [0, 0.05) is 5.54 Å². The number of hydrogen-bond donors (Lipinski definition) is 2. The second kappa shape index (κ2) is 4.96. The molecule has 0 bridgehead atoms. The molecule has 0 aliphatic rings. The van der Waals surface area contributed by atoms with Gasteiger partial charge in [-0.05, 0) is 32.5 Å². The van der Waals surface area contributed by atoms with E-state index in [-0.39, 0.29) is 5.54 Å². The summed E-state index contributed by atoms with van der Waals surface area (Å²) in [6.07, 6.45) is 0. The van der Waals surface area contributed by atoms with Crippen molar-refractivity contribution in [3.05, 3.63) is 0 Å². The number of thioether (sulfide) groups is 1. The highest BCUT2D eigenvalue weighted by atomic mass is 32.2. The number of nitrogens with zero attached hydrogens (tertiary/aromatic N) is 2. The summed E-state index contributed by atoms with van der Waals surface area (Å²) < 4.78 is 13.3. The molecule has 8 heteroatoms. The lowest BCUT2D eigenvalue weighted by atomic mass is 10.1. The maximum absolute atomic E-state index is 13.0. The fourth-order valence-electron chi connectivity index (χ4n) is 0.775. The lowest BCUT2D eigenvalue weighted by Gasteiger charge is -2.18. The van der Waals surface area contributed by atoms with Crippen LogP contribution in [0.2, 0.25) is 0 Å². The summed E-state index contributed by atoms with van der Waals surface area (Å²) in [5.74, 6) is -1.01. The molecule has 0 aromatic carbocycles. The van der Waals surface area contributed by atoms with Crippen LogP contribution >= 0.6 is 23.1 Å². The van der Waals surface area contributed by atoms with Crippen LogP contribution in [0.25, 0.3) is 0 Å². The van der Waals surface area contributed by atoms with Gasteiger partial charge in [-0.25, -0.2) is 4.39 Å². The van der Waals surface area contributed by atoms with Crippen molar-refractivity contribution in [1.29, 1.82) is 0 Å². The van der Waals surface area contributed by atoms with Crippen molar-refractivity contribution in [2.24, 2.45) is 5.73 Å². The number of primary amides is 1. The Morgan fingerprint density at radius 2 is 2.19 bits per heavy atom. The molecule has 0 saturated carbocycles. The third-order valence-corrected chi connectivity index (χ3v) is 3.21. The predicted molar refractivity (Wildman–Crippen MR) is 63.2 cm³/mol. The standard InChI is InChI=1S/C8H13FN4OS2/c1-8(2,3)11-6-12-13-7(16-6)15-4(9)5(10)14/h4H,1-3H3,(H2,10,14)(H,11,12). The van der Waals surface area contributed by atoms with E-state index in [0.29, 0.717) is 21.2 Å². The number of amides is 1. The highest BCUT2D eigenvalue weighted by molar-refractivity contribution is 8.02. The first-order valence-corrected chi connectivity index (χ1v) is 6.19. The number of hydrogen-bond acceptors (Lipinski definition) is 6. The van der Waals surface area contributed by atoms with Crippen molar-refractivity contribution in [1.82, 2.24) is 10.2 Å². The summed E-state index contributed by atoms with van der Waals surface area (Å²) in [4.78, 5) is 10.5. The van der Waals surface area contributed by atoms with E-state index in [9.17, 15) is 9.18 Å². The Morgan fingerprint density at radius 3 is 2.69 bits per heavy atom. The topological polar surface area (TPSA) is 80.9 Å². The van der Waals surface area contributed by atoms with E-state index in [4.69, 9.17) is 5.73 Å². The number of rotatable bonds is 4. The van der Waals surface area contributed by atoms with Crippen LogP contribution < -0.4 is 11.1 Å². The number of anilines is 1. The van der Waals surface area contributed by atoms with Crippen molar-refractivity contribution >= 4 is 34.1 Å². The summed E-state index contributed by atoms with van der Waals surface area (Å²) >= 11 is 1.85. The zero-order chi connectivity index (χ0) is 12.3. The molecule has 1 atom stereocenters. The second-order valence-corrected chi connectivity index (χ2v) is 6.36. The van der Waals surface area contributed by atoms with Gasteiger partial charge in [0.05, 0.1) is 0 Å². The normalized spacial score (nSPS) is 13.5. The van der Waals surface area contributed by atoms with Crippen LogP contribution in [-0.4, -0.2) is 27.1 Å². The third kappa shape index (κ3) is 4.31. The summed E-state index contributed by atoms with van der Waals surface area (Å²) in [6, 6.07) is 0. The third-order valence-electron chi connectivity index (χ3n) is 1.32. The second-order valence-electron chi connectivity index (χ2n) is 4.08. The first-order valence-electron chi connectivity index (χ1n) is 4.49. The fourth-order valence-corrected chi connectivity index (χ4v) is 2.53. The van der Waals surface area contributed by atoms with Gasteiger partial charge in [0.2, 0.25) is 10.6 Å². The quantitative estimate of drug-likeness (QED) is 0.808. The number of alkyl halides is 1. The monoisotopic (exact) mass is 264 g/mol. The lowest BCUT2D eigenvalue weighted by Crippen LogP contribution is -2.25. The van der Waals surface area contributed by atoms with Crippen molar-refractivity contribution < 1.29 is 9.18 Å². The van der Waals surface area contributed by atoms with Crippen LogP contribution in [-0.2, 0) is 4.79 Å². The molecule has 1 unspecified atom stereocenters. The number of halogens is 1. The Balaban J connectivity index is 2.62. The Hall–Kier alpha value is -0.890. The van der Waals surface area contributed by atoms with E-state index in [0.717, 1.165) is 0 Å². The van der Waals surface area contributed by atoms with E-state index in [1.807, 2.05) is 20.8 Å². The lowest BCUT2D eigenvalue weighted by molar-refractivity contribution is -0.119. The molecular weight excluding hydrogens is 251 g/mol. The first kappa shape index (κ1) is 13.2. The Morgan fingerprint density at radius 1 is 1.56 bits per heavy atom. The molecule has 1 amide bonds. The SMILES string of the molecule is CC(C)(C)Nc1nnc(SC(F)C(N)=O)s1. The van der Waals surface area contributed by atoms with Gasteiger partial charge in [-0.15, -0.1) is 10.2 Å². The van der Waals surface area contributed by atoms with Crippen molar-refractivity contribution in [2.45, 2.75) is 36.2 Å². The molecule has 0 saturated heterocycles. The van der Waals surface area contributed by atoms with Crippen molar-refractivity contribution in [3.63, 3.8) is 0 Å². The summed E-state index contributed by atoms with van der Waals surface area (Å²) in [5, 5.41) is 11.3. The summed E-state index contributed by atoms with van der Waals surface area (Å²) in [5.41, 5.74) is 2.88. The maximum atomic E-state index is 13.0. The highest BCUT2D eigenvalue weighted by Gasteiger charge is 2.19. The highest BCUT2D eigenvalue weighted by Crippen LogP contribution is 2.30. The van der Waals surface area contributed by atoms with Gasteiger partial charge in [0.25, 0.3) is 5.91 Å². The van der Waals surface area contributed by atoms with Crippen LogP contribution in [0.15, 0.2) is 4.34 Å². The van der Waals surface area contributed by atoms with Crippen LogP contribution in [0.4, 0.5) is 9.52 Å². The fraction of sp³-hybridized carbons (Fsp3) is 0.625. The molecule has 90 valence electrons. The predicted octanol–water partition coefficient (Wildman–Crippen LogP) is 1.62. The van der Waals surface area contributed by atoms with E-state index in [2.05, 4.69) is 15.5 Å². The van der Waals surface area contributed by atoms with E-state index in [1.165, 1.54) is 11.3 Å². The average molecular weight is 264 g/mol. The molecule has 1 rings (SSSR count). The molecule has 0 fully saturated rings. The van der Waals surface area contributed by atoms with Crippen LogP contribution in [0.1, 0.15) is 20.8 Å². The van der Waals surface area contributed by atoms with Gasteiger partial charge in [0.15, 0.2) is 4.34 Å². The minimum Gasteiger partial charge on any atom is -0.366 e. The molecule has 5 nitrogen and oxygen atoms in total. The molecule has 0 aliphatic carbocycles. The van der Waals surface area contributed by atoms with Gasteiger partial charge in [-0.1, -0.05) is 11.3 Å². The molecule has 0 aliphatic heterocycles. The van der Waals surface area contributed by atoms with E-state index in [1.54, 1.807) is 0 Å². The Kier molecular flexibility index (Phi) is 4.09. The Labute approximate surface area is 101 Å². The number of aromatic nitrogens is 2. The molecule has 16 heavy (non-hydrogen) atoms. The molecule has 3 N–H and O–H groups in total. The first-order chi connectivity index (χ1) is 7.28. The van der Waals surface area contributed by atoms with Crippen molar-refractivity contribution in [3.8, 4) is 0 Å². The van der Waals surface area contributed by atoms with E-state index < -0.39 is 11.4 Å². The number of nitrogens with two attached hydrogens (primary N) is 1. The van der Waals surface area contributed by atoms with Gasteiger partial charge >= 0.3 is 0 Å². The van der Waals surface area contributed by atoms with Gasteiger partial charge in [0.1, 0.15) is 0 Å². The summed E-state index contributed by atoms with van der Waals surface area (Å²) in [7, 11) is 0. The molecule has 1 heterocycles. The molecule has 1 aromatic rings. The van der Waals surface area contributed by atoms with Crippen LogP contribution in [0, 0.1) is 0 Å². The number of carbonyl (C=O) groups is 1. The van der Waals surface area contributed by atoms with Crippen LogP contribution in [0.5, 0.6) is 0 Å². The summed E-state index contributed by atoms with van der Waals surface area (Å²) in [6.45, 7) is 5.92. The minimum atomic E-state index is -1.78. The van der Waals surface area contributed by atoms with Crippen LogP contribution in [0.3, 0.4) is 0 Å². The zero-order valence-corrected chi connectivity index (χ0v) is 10.8. The molecule has 1 aromatic heterocycles. The largest absolute Gasteiger partial charge is 0.366 e. The van der Waals surface area contributed by atoms with Gasteiger partial charge < -0.3 is 11.1 Å². The Bertz CT molecular complexity index is 376. The van der Waals surface area contributed by atoms with Gasteiger partial charge in [-0.3, -0.25) is 4.79 Å². The zero-order valence-electron chi connectivity index (χ0n) is 9.15. The number of carbonyl (C=O) groups excluding carboxylic acids is 1. The smallest absolute Gasteiger partial charge is 0.262 e.